The van der Waals surface area contributed by atoms with Gasteiger partial charge >= 0.3 is 0 Å². The fourth-order valence-corrected chi connectivity index (χ4v) is 5.13. The van der Waals surface area contributed by atoms with E-state index in [-0.39, 0.29) is 18.0 Å². The molecule has 0 aliphatic carbocycles. The molecule has 1 unspecified atom stereocenters. The summed E-state index contributed by atoms with van der Waals surface area (Å²) in [7, 11) is -3.86. The van der Waals surface area contributed by atoms with Crippen molar-refractivity contribution >= 4 is 38.3 Å². The molecule has 0 amide bonds. The topological polar surface area (TPSA) is 66.8 Å². The summed E-state index contributed by atoms with van der Waals surface area (Å²) in [4.78, 5) is 0.180. The highest BCUT2D eigenvalue weighted by Gasteiger charge is 2.28. The monoisotopic (exact) mass is 523 g/mol. The number of aliphatic hydroxyl groups is 1. The summed E-state index contributed by atoms with van der Waals surface area (Å²) in [5.74, 6) is 0.619. The zero-order chi connectivity index (χ0) is 20.9. The van der Waals surface area contributed by atoms with Gasteiger partial charge in [0, 0.05) is 3.57 Å². The molecule has 1 atom stereocenters. The average Bonchev–Trinajstić information content (AvgIpc) is 2.72. The summed E-state index contributed by atoms with van der Waals surface area (Å²) < 4.78 is 34.4. The highest BCUT2D eigenvalue weighted by molar-refractivity contribution is 14.1. The molecule has 0 radical (unpaired) electrons. The standard InChI is InChI=1S/C22H22INO4S/c1-17-11-13-20(14-12-17)29(26,27)24(22-10-6-5-9-21(22)23)15-18(25)16-28-19-7-3-2-4-8-19/h2-14,18,25H,15-16H2,1H3. The number of para-hydroxylation sites is 2. The highest BCUT2D eigenvalue weighted by atomic mass is 127. The number of hydrogen-bond donors (Lipinski definition) is 1. The first-order chi connectivity index (χ1) is 13.9. The largest absolute Gasteiger partial charge is 0.491 e. The number of aryl methyl sites for hydroxylation is 1. The Morgan fingerprint density at radius 1 is 0.966 bits per heavy atom. The lowest BCUT2D eigenvalue weighted by Crippen LogP contribution is -2.40. The number of aliphatic hydroxyl groups excluding tert-OH is 1. The molecular weight excluding hydrogens is 501 g/mol. The van der Waals surface area contributed by atoms with E-state index < -0.39 is 16.1 Å². The van der Waals surface area contributed by atoms with Crippen molar-refractivity contribution in [1.29, 1.82) is 0 Å². The second-order valence-electron chi connectivity index (χ2n) is 6.58. The fourth-order valence-electron chi connectivity index (χ4n) is 2.77. The fraction of sp³-hybridized carbons (Fsp3) is 0.182. The van der Waals surface area contributed by atoms with Gasteiger partial charge in [0.1, 0.15) is 18.5 Å². The molecule has 0 aliphatic rings. The average molecular weight is 523 g/mol. The first-order valence-electron chi connectivity index (χ1n) is 9.08. The summed E-state index contributed by atoms with van der Waals surface area (Å²) in [6.45, 7) is 1.76. The molecule has 0 aliphatic heterocycles. The van der Waals surface area contributed by atoms with E-state index in [2.05, 4.69) is 22.6 Å². The maximum absolute atomic E-state index is 13.4. The molecule has 3 aromatic carbocycles. The van der Waals surface area contributed by atoms with Crippen molar-refractivity contribution in [1.82, 2.24) is 0 Å². The third-order valence-electron chi connectivity index (χ3n) is 4.29. The van der Waals surface area contributed by atoms with Crippen LogP contribution in [-0.2, 0) is 10.0 Å². The van der Waals surface area contributed by atoms with Crippen LogP contribution in [0.1, 0.15) is 5.56 Å². The van der Waals surface area contributed by atoms with Crippen molar-refractivity contribution in [3.8, 4) is 5.75 Å². The van der Waals surface area contributed by atoms with Crippen LogP contribution in [0.2, 0.25) is 0 Å². The molecule has 5 nitrogen and oxygen atoms in total. The van der Waals surface area contributed by atoms with Crippen molar-refractivity contribution in [2.45, 2.75) is 17.9 Å². The van der Waals surface area contributed by atoms with Crippen molar-refractivity contribution in [2.75, 3.05) is 17.5 Å². The van der Waals surface area contributed by atoms with Gasteiger partial charge in [0.2, 0.25) is 0 Å². The van der Waals surface area contributed by atoms with Crippen LogP contribution in [0.4, 0.5) is 5.69 Å². The van der Waals surface area contributed by atoms with Gasteiger partial charge in [0.15, 0.2) is 0 Å². The summed E-state index contributed by atoms with van der Waals surface area (Å²) in [6.07, 6.45) is -1.01. The molecule has 0 spiro atoms. The predicted molar refractivity (Wildman–Crippen MR) is 123 cm³/mol. The van der Waals surface area contributed by atoms with E-state index in [1.165, 1.54) is 4.31 Å². The Bertz CT molecular complexity index is 1040. The Labute approximate surface area is 185 Å². The van der Waals surface area contributed by atoms with Crippen molar-refractivity contribution in [3.63, 3.8) is 0 Å². The molecular formula is C22H22INO4S. The number of hydrogen-bond acceptors (Lipinski definition) is 4. The third kappa shape index (κ3) is 5.49. The number of rotatable bonds is 8. The number of nitrogens with zero attached hydrogens (tertiary/aromatic N) is 1. The number of benzene rings is 3. The quantitative estimate of drug-likeness (QED) is 0.449. The summed E-state index contributed by atoms with van der Waals surface area (Å²) in [6, 6.07) is 23.0. The summed E-state index contributed by atoms with van der Waals surface area (Å²) in [5.41, 5.74) is 1.49. The van der Waals surface area contributed by atoms with Gasteiger partial charge in [-0.15, -0.1) is 0 Å². The smallest absolute Gasteiger partial charge is 0.264 e. The van der Waals surface area contributed by atoms with E-state index in [9.17, 15) is 13.5 Å². The van der Waals surface area contributed by atoms with E-state index in [1.54, 1.807) is 48.5 Å². The van der Waals surface area contributed by atoms with E-state index in [0.29, 0.717) is 11.4 Å². The molecule has 0 bridgehead atoms. The Morgan fingerprint density at radius 2 is 1.59 bits per heavy atom. The zero-order valence-electron chi connectivity index (χ0n) is 15.9. The van der Waals surface area contributed by atoms with E-state index in [4.69, 9.17) is 4.74 Å². The highest BCUT2D eigenvalue weighted by Crippen LogP contribution is 2.28. The first kappa shape index (κ1) is 21.6. The summed E-state index contributed by atoms with van der Waals surface area (Å²) >= 11 is 2.10. The molecule has 152 valence electrons. The number of anilines is 1. The molecule has 0 aromatic heterocycles. The second-order valence-corrected chi connectivity index (χ2v) is 9.60. The van der Waals surface area contributed by atoms with Gasteiger partial charge in [0.25, 0.3) is 10.0 Å². The van der Waals surface area contributed by atoms with Crippen molar-refractivity contribution in [3.05, 3.63) is 88.0 Å². The minimum Gasteiger partial charge on any atom is -0.491 e. The van der Waals surface area contributed by atoms with Gasteiger partial charge < -0.3 is 9.84 Å². The van der Waals surface area contributed by atoms with Crippen LogP contribution in [-0.4, -0.2) is 32.8 Å². The van der Waals surface area contributed by atoms with Crippen LogP contribution in [0.15, 0.2) is 83.8 Å². The van der Waals surface area contributed by atoms with Crippen LogP contribution in [0.5, 0.6) is 5.75 Å². The molecule has 0 heterocycles. The minimum absolute atomic E-state index is 0.0205. The van der Waals surface area contributed by atoms with Gasteiger partial charge in [-0.1, -0.05) is 48.0 Å². The number of halogens is 1. The van der Waals surface area contributed by atoms with E-state index in [0.717, 1.165) is 9.13 Å². The summed E-state index contributed by atoms with van der Waals surface area (Å²) in [5, 5.41) is 10.6. The van der Waals surface area contributed by atoms with Crippen molar-refractivity contribution < 1.29 is 18.3 Å². The molecule has 0 saturated carbocycles. The van der Waals surface area contributed by atoms with Gasteiger partial charge in [-0.3, -0.25) is 4.31 Å². The number of ether oxygens (including phenoxy) is 1. The van der Waals surface area contributed by atoms with Crippen LogP contribution >= 0.6 is 22.6 Å². The van der Waals surface area contributed by atoms with Gasteiger partial charge in [0.05, 0.1) is 17.1 Å². The molecule has 0 saturated heterocycles. The van der Waals surface area contributed by atoms with Gasteiger partial charge in [-0.25, -0.2) is 8.42 Å². The Kier molecular flexibility index (Phi) is 7.15. The zero-order valence-corrected chi connectivity index (χ0v) is 18.9. The predicted octanol–water partition coefficient (Wildman–Crippen LogP) is 4.23. The third-order valence-corrected chi connectivity index (χ3v) is 7.00. The van der Waals surface area contributed by atoms with Crippen LogP contribution in [0, 0.1) is 10.5 Å². The lowest BCUT2D eigenvalue weighted by Gasteiger charge is -2.27. The molecule has 7 heteroatoms. The minimum atomic E-state index is -3.86. The van der Waals surface area contributed by atoms with E-state index in [1.807, 2.05) is 37.3 Å². The molecule has 29 heavy (non-hydrogen) atoms. The van der Waals surface area contributed by atoms with Crippen LogP contribution < -0.4 is 9.04 Å². The van der Waals surface area contributed by atoms with Crippen molar-refractivity contribution in [2.24, 2.45) is 0 Å². The Morgan fingerprint density at radius 3 is 2.24 bits per heavy atom. The van der Waals surface area contributed by atoms with E-state index >= 15 is 0 Å². The molecule has 0 fully saturated rings. The lowest BCUT2D eigenvalue weighted by atomic mass is 10.2. The van der Waals surface area contributed by atoms with Crippen LogP contribution in [0.3, 0.4) is 0 Å². The maximum atomic E-state index is 13.4. The lowest BCUT2D eigenvalue weighted by molar-refractivity contribution is 0.115. The Balaban J connectivity index is 1.87. The van der Waals surface area contributed by atoms with Crippen LogP contribution in [0.25, 0.3) is 0 Å². The van der Waals surface area contributed by atoms with Gasteiger partial charge in [-0.05, 0) is 65.9 Å². The maximum Gasteiger partial charge on any atom is 0.264 e. The SMILES string of the molecule is Cc1ccc(S(=O)(=O)N(CC(O)COc2ccccc2)c2ccccc2I)cc1. The molecule has 1 N–H and O–H groups in total. The first-order valence-corrected chi connectivity index (χ1v) is 11.6. The molecule has 3 rings (SSSR count). The molecule has 3 aromatic rings. The number of sulfonamides is 1. The second kappa shape index (κ2) is 9.60. The normalized spacial score (nSPS) is 12.4. The van der Waals surface area contributed by atoms with Gasteiger partial charge in [-0.2, -0.15) is 0 Å². The Hall–Kier alpha value is -2.10.